The van der Waals surface area contributed by atoms with E-state index in [1.54, 1.807) is 96.1 Å². The summed E-state index contributed by atoms with van der Waals surface area (Å²) in [4.78, 5) is 80.4. The maximum absolute atomic E-state index is 13.7. The highest BCUT2D eigenvalue weighted by Crippen LogP contribution is 2.57. The van der Waals surface area contributed by atoms with E-state index < -0.39 is 58.0 Å². The first-order chi connectivity index (χ1) is 31.7. The van der Waals surface area contributed by atoms with Crippen molar-refractivity contribution in [2.45, 2.75) is 118 Å². The third-order valence-corrected chi connectivity index (χ3v) is 12.1. The third-order valence-electron chi connectivity index (χ3n) is 12.1. The predicted octanol–water partition coefficient (Wildman–Crippen LogP) is 7.25. The number of unbranched alkanes of at least 4 members (excludes halogenated alkanes) is 3. The lowest BCUT2D eigenvalue weighted by molar-refractivity contribution is -0.143. The van der Waals surface area contributed by atoms with Crippen molar-refractivity contribution in [1.29, 1.82) is 0 Å². The molecule has 356 valence electrons. The Morgan fingerprint density at radius 3 is 2.06 bits per heavy atom. The molecular formula is C51H60N4O12. The van der Waals surface area contributed by atoms with Gasteiger partial charge in [-0.15, -0.1) is 0 Å². The highest BCUT2D eigenvalue weighted by Gasteiger charge is 2.54. The van der Waals surface area contributed by atoms with Crippen molar-refractivity contribution in [2.24, 2.45) is 16.7 Å². The van der Waals surface area contributed by atoms with Crippen LogP contribution in [0.4, 0.5) is 0 Å². The topological polar surface area (TPSA) is 214 Å². The van der Waals surface area contributed by atoms with Gasteiger partial charge in [-0.05, 0) is 134 Å². The first-order valence-electron chi connectivity index (χ1n) is 22.9. The second-order valence-corrected chi connectivity index (χ2v) is 19.5. The van der Waals surface area contributed by atoms with Gasteiger partial charge in [0, 0.05) is 47.1 Å². The number of carbonyl (C=O) groups is 4. The maximum atomic E-state index is 13.7. The summed E-state index contributed by atoms with van der Waals surface area (Å²) < 4.78 is 31.5. The zero-order valence-corrected chi connectivity index (χ0v) is 39.3. The zero-order valence-electron chi connectivity index (χ0n) is 39.3. The van der Waals surface area contributed by atoms with Gasteiger partial charge >= 0.3 is 23.6 Å². The number of benzene rings is 3. The average molecular weight is 921 g/mol. The minimum absolute atomic E-state index is 0.0388. The fourth-order valence-electron chi connectivity index (χ4n) is 8.26. The molecule has 1 saturated heterocycles. The van der Waals surface area contributed by atoms with Crippen LogP contribution >= 0.6 is 0 Å². The van der Waals surface area contributed by atoms with Crippen LogP contribution in [-0.4, -0.2) is 63.9 Å². The Labute approximate surface area is 389 Å². The van der Waals surface area contributed by atoms with Crippen LogP contribution < -0.4 is 36.1 Å². The number of hydrogen-bond donors (Lipinski definition) is 4. The molecule has 4 N–H and O–H groups in total. The summed E-state index contributed by atoms with van der Waals surface area (Å²) in [6, 6.07) is 14.4. The van der Waals surface area contributed by atoms with E-state index in [-0.39, 0.29) is 52.1 Å². The number of esters is 3. The molecule has 3 aromatic carbocycles. The number of aromatic amines is 1. The second kappa shape index (κ2) is 19.5. The Kier molecular flexibility index (Phi) is 14.1. The molecule has 0 radical (unpaired) electrons. The number of rotatable bonds is 15. The molecule has 1 fully saturated rings. The van der Waals surface area contributed by atoms with Gasteiger partial charge in [0.15, 0.2) is 5.60 Å². The molecule has 4 aromatic rings. The van der Waals surface area contributed by atoms with Gasteiger partial charge in [-0.2, -0.15) is 0 Å². The standard InChI is InChI=1S/C51H60N4O12/c1-9-38-29(2)24-42(66-38)55-28-31(44(58)54-48(55)62)15-21-41(56)52-22-12-10-11-13-23-53-43(57)30-14-18-34-37(25-30)51(67-45(34)59)35-19-16-32(63-46(60)49(3,4)5)26-39(35)65-40-27-33(17-20-36(40)51)64-47(61)50(6,7)8/h14-21,25-29,38,41-42,52,56H,9-13,22-24H2,1-8H3,(H,53,57)(H,54,58,62)/b21-15+/t29?,38-,41-,42-/m1/s1. The average Bonchev–Trinajstić information content (AvgIpc) is 3.79. The van der Waals surface area contributed by atoms with E-state index in [1.165, 1.54) is 22.9 Å². The molecule has 4 atom stereocenters. The second-order valence-electron chi connectivity index (χ2n) is 19.5. The molecule has 0 bridgehead atoms. The van der Waals surface area contributed by atoms with Gasteiger partial charge < -0.3 is 34.1 Å². The van der Waals surface area contributed by atoms with Crippen LogP contribution in [0, 0.1) is 16.7 Å². The summed E-state index contributed by atoms with van der Waals surface area (Å²) in [6.07, 6.45) is 7.49. The summed E-state index contributed by atoms with van der Waals surface area (Å²) >= 11 is 0. The van der Waals surface area contributed by atoms with Crippen LogP contribution in [0.1, 0.15) is 143 Å². The van der Waals surface area contributed by atoms with Crippen LogP contribution in [0.3, 0.4) is 0 Å². The van der Waals surface area contributed by atoms with Gasteiger partial charge in [-0.25, -0.2) is 9.59 Å². The fourth-order valence-corrected chi connectivity index (χ4v) is 8.26. The van der Waals surface area contributed by atoms with Gasteiger partial charge in [0.2, 0.25) is 0 Å². The molecule has 1 aromatic heterocycles. The number of aliphatic hydroxyl groups is 1. The lowest BCUT2D eigenvalue weighted by Crippen LogP contribution is -2.33. The number of H-pyrrole nitrogens is 1. The molecular weight excluding hydrogens is 861 g/mol. The number of carbonyl (C=O) groups excluding carboxylic acids is 4. The number of hydrogen-bond acceptors (Lipinski definition) is 13. The number of amides is 1. The predicted molar refractivity (Wildman–Crippen MR) is 248 cm³/mol. The first kappa shape index (κ1) is 48.6. The van der Waals surface area contributed by atoms with Crippen LogP contribution in [-0.2, 0) is 24.7 Å². The fraction of sp³-hybridized carbons (Fsp3) is 0.451. The van der Waals surface area contributed by atoms with E-state index in [4.69, 9.17) is 23.7 Å². The Balaban J connectivity index is 0.977. The Morgan fingerprint density at radius 2 is 1.48 bits per heavy atom. The summed E-state index contributed by atoms with van der Waals surface area (Å²) in [5.41, 5.74) is -2.18. The highest BCUT2D eigenvalue weighted by molar-refractivity contribution is 6.00. The molecule has 0 aliphatic carbocycles. The van der Waals surface area contributed by atoms with Gasteiger partial charge in [-0.3, -0.25) is 34.0 Å². The molecule has 16 heteroatoms. The van der Waals surface area contributed by atoms with Crippen molar-refractivity contribution in [1.82, 2.24) is 20.2 Å². The summed E-state index contributed by atoms with van der Waals surface area (Å²) in [6.45, 7) is 15.4. The quantitative estimate of drug-likeness (QED) is 0.0401. The lowest BCUT2D eigenvalue weighted by Gasteiger charge is -2.37. The number of fused-ring (bicyclic) bond motifs is 6. The SMILES string of the molecule is CC[C@H]1O[C@@H](n2cc(/C=C/[C@@H](O)NCCCCCCNC(=O)c3ccc4c(c3)C3(OC4=O)c4ccc(OC(=O)C(C)(C)C)cc4Oc4cc(OC(=O)C(C)(C)C)ccc43)c(=O)[nH]c2=O)CC1C. The van der Waals surface area contributed by atoms with Crippen LogP contribution in [0.15, 0.2) is 76.5 Å². The Hall–Kier alpha value is -6.36. The highest BCUT2D eigenvalue weighted by atomic mass is 16.6. The van der Waals surface area contributed by atoms with Crippen molar-refractivity contribution in [3.8, 4) is 23.0 Å². The minimum Gasteiger partial charge on any atom is -0.456 e. The van der Waals surface area contributed by atoms with Crippen molar-refractivity contribution in [2.75, 3.05) is 13.1 Å². The number of aromatic nitrogens is 2. The van der Waals surface area contributed by atoms with Gasteiger partial charge in [0.25, 0.3) is 11.5 Å². The minimum atomic E-state index is -1.58. The number of aliphatic hydroxyl groups excluding tert-OH is 1. The van der Waals surface area contributed by atoms with Gasteiger partial charge in [0.05, 0.1) is 28.1 Å². The van der Waals surface area contributed by atoms with E-state index in [0.29, 0.717) is 48.2 Å². The molecule has 7 rings (SSSR count). The smallest absolute Gasteiger partial charge is 0.340 e. The molecule has 4 heterocycles. The molecule has 3 aliphatic heterocycles. The number of ether oxygens (including phenoxy) is 5. The first-order valence-corrected chi connectivity index (χ1v) is 22.9. The van der Waals surface area contributed by atoms with E-state index in [1.807, 2.05) is 6.92 Å². The van der Waals surface area contributed by atoms with Crippen LogP contribution in [0.5, 0.6) is 23.0 Å². The van der Waals surface area contributed by atoms with Gasteiger partial charge in [-0.1, -0.05) is 26.7 Å². The molecule has 1 unspecified atom stereocenters. The molecule has 16 nitrogen and oxygen atoms in total. The largest absolute Gasteiger partial charge is 0.456 e. The monoisotopic (exact) mass is 920 g/mol. The van der Waals surface area contributed by atoms with Crippen molar-refractivity contribution < 1.29 is 48.0 Å². The summed E-state index contributed by atoms with van der Waals surface area (Å²) in [7, 11) is 0. The maximum Gasteiger partial charge on any atom is 0.340 e. The van der Waals surface area contributed by atoms with E-state index >= 15 is 0 Å². The lowest BCUT2D eigenvalue weighted by atomic mass is 9.77. The van der Waals surface area contributed by atoms with Crippen molar-refractivity contribution in [3.63, 3.8) is 0 Å². The van der Waals surface area contributed by atoms with E-state index in [0.717, 1.165) is 25.7 Å². The summed E-state index contributed by atoms with van der Waals surface area (Å²) in [5, 5.41) is 16.5. The summed E-state index contributed by atoms with van der Waals surface area (Å²) in [5.74, 6) is -0.733. The molecule has 67 heavy (non-hydrogen) atoms. The third kappa shape index (κ3) is 10.5. The normalized spacial score (nSPS) is 18.7. The van der Waals surface area contributed by atoms with Crippen molar-refractivity contribution in [3.05, 3.63) is 121 Å². The van der Waals surface area contributed by atoms with Crippen LogP contribution in [0.25, 0.3) is 6.08 Å². The molecule has 1 amide bonds. The Bertz CT molecular complexity index is 2630. The number of nitrogens with one attached hydrogen (secondary N) is 3. The number of nitrogens with zero attached hydrogens (tertiary/aromatic N) is 1. The molecule has 0 saturated carbocycles. The Morgan fingerprint density at radius 1 is 0.866 bits per heavy atom. The molecule has 1 spiro atoms. The zero-order chi connectivity index (χ0) is 48.4. The van der Waals surface area contributed by atoms with E-state index in [9.17, 15) is 33.9 Å². The van der Waals surface area contributed by atoms with Crippen molar-refractivity contribution >= 4 is 29.9 Å². The van der Waals surface area contributed by atoms with Gasteiger partial charge in [0.1, 0.15) is 35.5 Å². The molecule has 3 aliphatic rings. The van der Waals surface area contributed by atoms with E-state index in [2.05, 4.69) is 22.5 Å². The van der Waals surface area contributed by atoms with Crippen LogP contribution in [0.2, 0.25) is 0 Å².